The van der Waals surface area contributed by atoms with Crippen molar-refractivity contribution in [2.24, 2.45) is 0 Å². The highest BCUT2D eigenvalue weighted by Crippen LogP contribution is 2.45. The largest absolute Gasteiger partial charge is 0.348 e. The van der Waals surface area contributed by atoms with E-state index in [0.29, 0.717) is 17.7 Å². The summed E-state index contributed by atoms with van der Waals surface area (Å²) in [5.74, 6) is -0.0766. The normalized spacial score (nSPS) is 18.5. The number of nitrogens with zero attached hydrogens (tertiary/aromatic N) is 2. The lowest BCUT2D eigenvalue weighted by molar-refractivity contribution is 0.0941. The molecule has 2 aromatic carbocycles. The van der Waals surface area contributed by atoms with Crippen LogP contribution in [0.25, 0.3) is 27.8 Å². The number of hydrogen-bond donors (Lipinski definition) is 3. The summed E-state index contributed by atoms with van der Waals surface area (Å²) in [7, 11) is -2.59. The minimum Gasteiger partial charge on any atom is -0.348 e. The molecule has 1 amide bonds. The number of nitrogens with one attached hydrogen (secondary N) is 1. The standard InChI is InChI=1S/C24H22FN3O3S/c25-17-5-7-19(8-6-17)28-14-21(22-3-1-2-11-26-22)20-9-4-16(13-23(20)28)24(29)27-18-10-12-32(30,31)15-18/h1-9,11,13-14,18,30-31H,10,12,15H2,(H,27,29). The molecular weight excluding hydrogens is 429 g/mol. The average molecular weight is 452 g/mol. The third-order valence-corrected chi connectivity index (χ3v) is 7.54. The molecule has 0 saturated carbocycles. The van der Waals surface area contributed by atoms with E-state index < -0.39 is 10.6 Å². The summed E-state index contributed by atoms with van der Waals surface area (Å²) in [6.07, 6.45) is 4.21. The van der Waals surface area contributed by atoms with E-state index in [0.717, 1.165) is 27.8 Å². The SMILES string of the molecule is O=C(NC1CCS(O)(O)C1)c1ccc2c(-c3ccccn3)cn(-c3ccc(F)cc3)c2c1. The molecule has 5 rings (SSSR count). The van der Waals surface area contributed by atoms with Gasteiger partial charge in [-0.05, 0) is 55.0 Å². The fourth-order valence-electron chi connectivity index (χ4n) is 4.11. The second kappa shape index (κ2) is 8.05. The van der Waals surface area contributed by atoms with Gasteiger partial charge in [0.05, 0.1) is 17.0 Å². The molecule has 1 unspecified atom stereocenters. The molecule has 3 heterocycles. The summed E-state index contributed by atoms with van der Waals surface area (Å²) >= 11 is 0. The predicted octanol–water partition coefficient (Wildman–Crippen LogP) is 5.08. The van der Waals surface area contributed by atoms with Gasteiger partial charge in [0.25, 0.3) is 5.91 Å². The fourth-order valence-corrected chi connectivity index (χ4v) is 5.84. The number of carbonyl (C=O) groups is 1. The third-order valence-electron chi connectivity index (χ3n) is 5.71. The monoisotopic (exact) mass is 451 g/mol. The molecule has 0 aliphatic carbocycles. The Balaban J connectivity index is 1.57. The molecule has 1 fully saturated rings. The Labute approximate surface area is 186 Å². The van der Waals surface area contributed by atoms with Crippen molar-refractivity contribution in [2.45, 2.75) is 12.5 Å². The Kier molecular flexibility index (Phi) is 5.21. The van der Waals surface area contributed by atoms with E-state index in [9.17, 15) is 18.3 Å². The summed E-state index contributed by atoms with van der Waals surface area (Å²) in [6, 6.07) is 17.0. The lowest BCUT2D eigenvalue weighted by Gasteiger charge is -2.26. The first-order valence-corrected chi connectivity index (χ1v) is 12.1. The summed E-state index contributed by atoms with van der Waals surface area (Å²) in [5.41, 5.74) is 3.73. The summed E-state index contributed by atoms with van der Waals surface area (Å²) < 4.78 is 35.1. The molecule has 2 aromatic heterocycles. The highest BCUT2D eigenvalue weighted by molar-refractivity contribution is 8.24. The van der Waals surface area contributed by atoms with Gasteiger partial charge < -0.3 is 9.88 Å². The van der Waals surface area contributed by atoms with Crippen LogP contribution in [0, 0.1) is 5.82 Å². The van der Waals surface area contributed by atoms with Crippen molar-refractivity contribution < 1.29 is 18.3 Å². The zero-order valence-electron chi connectivity index (χ0n) is 17.1. The molecule has 4 aromatic rings. The van der Waals surface area contributed by atoms with Gasteiger partial charge in [-0.15, -0.1) is 0 Å². The highest BCUT2D eigenvalue weighted by atomic mass is 32.3. The van der Waals surface area contributed by atoms with Crippen molar-refractivity contribution >= 4 is 27.4 Å². The van der Waals surface area contributed by atoms with E-state index in [-0.39, 0.29) is 23.5 Å². The molecule has 8 heteroatoms. The maximum Gasteiger partial charge on any atom is 0.251 e. The number of amides is 1. The molecule has 32 heavy (non-hydrogen) atoms. The molecule has 1 saturated heterocycles. The molecule has 0 bridgehead atoms. The Bertz CT molecular complexity index is 1290. The van der Waals surface area contributed by atoms with Gasteiger partial charge in [0.15, 0.2) is 0 Å². The van der Waals surface area contributed by atoms with Crippen LogP contribution in [-0.4, -0.2) is 42.1 Å². The van der Waals surface area contributed by atoms with Crippen LogP contribution in [0.3, 0.4) is 0 Å². The molecule has 1 aliphatic rings. The second-order valence-electron chi connectivity index (χ2n) is 7.97. The lowest BCUT2D eigenvalue weighted by atomic mass is 10.1. The van der Waals surface area contributed by atoms with E-state index in [2.05, 4.69) is 10.3 Å². The number of fused-ring (bicyclic) bond motifs is 1. The molecule has 0 spiro atoms. The summed E-state index contributed by atoms with van der Waals surface area (Å²) in [5, 5.41) is 3.83. The average Bonchev–Trinajstić information content (AvgIpc) is 3.34. The smallest absolute Gasteiger partial charge is 0.251 e. The number of hydrogen-bond acceptors (Lipinski definition) is 4. The first kappa shape index (κ1) is 20.7. The minimum absolute atomic E-state index is 0.191. The van der Waals surface area contributed by atoms with Crippen LogP contribution in [0.5, 0.6) is 0 Å². The van der Waals surface area contributed by atoms with E-state index in [1.54, 1.807) is 30.5 Å². The van der Waals surface area contributed by atoms with Crippen LogP contribution in [0.4, 0.5) is 4.39 Å². The van der Waals surface area contributed by atoms with Crippen molar-refractivity contribution in [3.05, 3.63) is 84.4 Å². The van der Waals surface area contributed by atoms with Crippen molar-refractivity contribution in [1.29, 1.82) is 0 Å². The fraction of sp³-hybridized carbons (Fsp3) is 0.167. The number of benzene rings is 2. The van der Waals surface area contributed by atoms with Crippen molar-refractivity contribution in [2.75, 3.05) is 11.5 Å². The zero-order valence-corrected chi connectivity index (χ0v) is 17.9. The van der Waals surface area contributed by atoms with Crippen LogP contribution in [0.2, 0.25) is 0 Å². The van der Waals surface area contributed by atoms with E-state index in [1.807, 2.05) is 35.0 Å². The quantitative estimate of drug-likeness (QED) is 0.404. The number of rotatable bonds is 4. The van der Waals surface area contributed by atoms with Crippen molar-refractivity contribution in [3.8, 4) is 16.9 Å². The van der Waals surface area contributed by atoms with Gasteiger partial charge in [0.1, 0.15) is 5.82 Å². The van der Waals surface area contributed by atoms with Gasteiger partial charge in [-0.1, -0.05) is 12.1 Å². The Morgan fingerprint density at radius 2 is 1.94 bits per heavy atom. The van der Waals surface area contributed by atoms with Crippen LogP contribution >= 0.6 is 10.6 Å². The van der Waals surface area contributed by atoms with Gasteiger partial charge >= 0.3 is 0 Å². The summed E-state index contributed by atoms with van der Waals surface area (Å²) in [4.78, 5) is 17.4. The minimum atomic E-state index is -2.59. The number of halogens is 1. The molecule has 1 atom stereocenters. The molecule has 164 valence electrons. The summed E-state index contributed by atoms with van der Waals surface area (Å²) in [6.45, 7) is 0. The van der Waals surface area contributed by atoms with Crippen LogP contribution in [-0.2, 0) is 0 Å². The Morgan fingerprint density at radius 3 is 2.62 bits per heavy atom. The maximum atomic E-state index is 13.5. The van der Waals surface area contributed by atoms with Gasteiger partial charge in [-0.25, -0.2) is 4.39 Å². The molecule has 1 aliphatic heterocycles. The van der Waals surface area contributed by atoms with Crippen LogP contribution < -0.4 is 5.32 Å². The number of pyridine rings is 1. The Morgan fingerprint density at radius 1 is 1.12 bits per heavy atom. The van der Waals surface area contributed by atoms with Crippen LogP contribution in [0.1, 0.15) is 16.8 Å². The molecule has 3 N–H and O–H groups in total. The maximum absolute atomic E-state index is 13.5. The zero-order chi connectivity index (χ0) is 22.3. The van der Waals surface area contributed by atoms with Gasteiger partial charge in [-0.3, -0.25) is 18.9 Å². The van der Waals surface area contributed by atoms with Crippen LogP contribution in [0.15, 0.2) is 73.1 Å². The van der Waals surface area contributed by atoms with Crippen molar-refractivity contribution in [3.63, 3.8) is 0 Å². The second-order valence-corrected chi connectivity index (χ2v) is 10.3. The number of carbonyl (C=O) groups excluding carboxylic acids is 1. The van der Waals surface area contributed by atoms with Gasteiger partial charge in [0, 0.05) is 46.4 Å². The lowest BCUT2D eigenvalue weighted by Crippen LogP contribution is -2.35. The van der Waals surface area contributed by atoms with E-state index in [1.165, 1.54) is 12.1 Å². The first-order chi connectivity index (χ1) is 15.4. The first-order valence-electron chi connectivity index (χ1n) is 10.3. The van der Waals surface area contributed by atoms with Gasteiger partial charge in [0.2, 0.25) is 0 Å². The molecular formula is C24H22FN3O3S. The highest BCUT2D eigenvalue weighted by Gasteiger charge is 2.29. The third kappa shape index (κ3) is 4.00. The molecule has 0 radical (unpaired) electrons. The predicted molar refractivity (Wildman–Crippen MR) is 125 cm³/mol. The number of aromatic nitrogens is 2. The van der Waals surface area contributed by atoms with Crippen molar-refractivity contribution in [1.82, 2.24) is 14.9 Å². The van der Waals surface area contributed by atoms with E-state index >= 15 is 0 Å². The van der Waals surface area contributed by atoms with E-state index in [4.69, 9.17) is 0 Å². The Hall–Kier alpha value is -3.20. The topological polar surface area (TPSA) is 87.4 Å². The van der Waals surface area contributed by atoms with Gasteiger partial charge in [-0.2, -0.15) is 10.6 Å². The molecule has 6 nitrogen and oxygen atoms in total.